The minimum absolute atomic E-state index is 0.00458. The number of aliphatic hydroxyl groups excluding tert-OH is 1. The van der Waals surface area contributed by atoms with Gasteiger partial charge in [0.1, 0.15) is 0 Å². The van der Waals surface area contributed by atoms with Crippen molar-refractivity contribution < 1.29 is 14.3 Å². The quantitative estimate of drug-likeness (QED) is 0.852. The molecule has 2 unspecified atom stereocenters. The zero-order valence-corrected chi connectivity index (χ0v) is 10.8. The number of amides is 1. The standard InChI is InChI=1S/C13H15ClFNO2/c1-8-7-16(6-5-11(8)17)13(18)9-3-2-4-10(14)12(9)15/h2-4,8,11,17H,5-7H2,1H3. The van der Waals surface area contributed by atoms with Crippen molar-refractivity contribution in [1.29, 1.82) is 0 Å². The highest BCUT2D eigenvalue weighted by atomic mass is 35.5. The van der Waals surface area contributed by atoms with Crippen LogP contribution in [-0.4, -0.2) is 35.1 Å². The van der Waals surface area contributed by atoms with Gasteiger partial charge in [-0.05, 0) is 24.5 Å². The van der Waals surface area contributed by atoms with E-state index in [1.54, 1.807) is 11.0 Å². The van der Waals surface area contributed by atoms with Crippen LogP contribution >= 0.6 is 11.6 Å². The Kier molecular flexibility index (Phi) is 3.88. The molecule has 1 aromatic rings. The summed E-state index contributed by atoms with van der Waals surface area (Å²) in [5, 5.41) is 9.56. The molecule has 0 radical (unpaired) electrons. The highest BCUT2D eigenvalue weighted by Gasteiger charge is 2.29. The molecular formula is C13H15ClFNO2. The average molecular weight is 272 g/mol. The lowest BCUT2D eigenvalue weighted by Crippen LogP contribution is -2.45. The van der Waals surface area contributed by atoms with Crippen LogP contribution in [0.5, 0.6) is 0 Å². The number of nitrogens with zero attached hydrogens (tertiary/aromatic N) is 1. The first-order valence-corrected chi connectivity index (χ1v) is 6.30. The third kappa shape index (κ3) is 2.49. The topological polar surface area (TPSA) is 40.5 Å². The molecule has 1 saturated heterocycles. The molecule has 0 spiro atoms. The van der Waals surface area contributed by atoms with E-state index >= 15 is 0 Å². The van der Waals surface area contributed by atoms with E-state index in [1.165, 1.54) is 12.1 Å². The summed E-state index contributed by atoms with van der Waals surface area (Å²) in [6.07, 6.45) is 0.132. The van der Waals surface area contributed by atoms with Gasteiger partial charge in [-0.1, -0.05) is 24.6 Å². The Morgan fingerprint density at radius 3 is 2.94 bits per heavy atom. The fraction of sp³-hybridized carbons (Fsp3) is 0.462. The lowest BCUT2D eigenvalue weighted by atomic mass is 9.96. The molecule has 2 rings (SSSR count). The molecule has 18 heavy (non-hydrogen) atoms. The summed E-state index contributed by atoms with van der Waals surface area (Å²) in [5.41, 5.74) is -0.00825. The summed E-state index contributed by atoms with van der Waals surface area (Å²) in [5.74, 6) is -1.04. The number of carbonyl (C=O) groups excluding carboxylic acids is 1. The monoisotopic (exact) mass is 271 g/mol. The van der Waals surface area contributed by atoms with E-state index in [0.29, 0.717) is 19.5 Å². The van der Waals surface area contributed by atoms with Gasteiger partial charge in [-0.2, -0.15) is 0 Å². The van der Waals surface area contributed by atoms with Gasteiger partial charge in [0, 0.05) is 13.1 Å². The van der Waals surface area contributed by atoms with Crippen LogP contribution in [-0.2, 0) is 0 Å². The van der Waals surface area contributed by atoms with Gasteiger partial charge in [-0.25, -0.2) is 4.39 Å². The van der Waals surface area contributed by atoms with Crippen molar-refractivity contribution >= 4 is 17.5 Å². The summed E-state index contributed by atoms with van der Waals surface area (Å²) in [6, 6.07) is 4.40. The Morgan fingerprint density at radius 2 is 2.28 bits per heavy atom. The Hall–Kier alpha value is -1.13. The normalized spacial score (nSPS) is 24.1. The number of aliphatic hydroxyl groups is 1. The summed E-state index contributed by atoms with van der Waals surface area (Å²) in [6.45, 7) is 2.75. The predicted octanol–water partition coefficient (Wildman–Crippen LogP) is 2.32. The number of likely N-dealkylation sites (tertiary alicyclic amines) is 1. The van der Waals surface area contributed by atoms with Crippen molar-refractivity contribution in [3.8, 4) is 0 Å². The summed E-state index contributed by atoms with van der Waals surface area (Å²) < 4.78 is 13.8. The number of hydrogen-bond acceptors (Lipinski definition) is 2. The lowest BCUT2D eigenvalue weighted by Gasteiger charge is -2.34. The molecule has 1 amide bonds. The Bertz CT molecular complexity index is 466. The highest BCUT2D eigenvalue weighted by Crippen LogP contribution is 2.22. The molecule has 0 bridgehead atoms. The molecule has 98 valence electrons. The Morgan fingerprint density at radius 1 is 1.56 bits per heavy atom. The van der Waals surface area contributed by atoms with Crippen LogP contribution in [0.1, 0.15) is 23.7 Å². The number of piperidine rings is 1. The van der Waals surface area contributed by atoms with Gasteiger partial charge >= 0.3 is 0 Å². The van der Waals surface area contributed by atoms with Crippen molar-refractivity contribution in [2.75, 3.05) is 13.1 Å². The first-order chi connectivity index (χ1) is 8.50. The van der Waals surface area contributed by atoms with Crippen LogP contribution in [0.2, 0.25) is 5.02 Å². The van der Waals surface area contributed by atoms with Crippen LogP contribution in [0.15, 0.2) is 18.2 Å². The number of carbonyl (C=O) groups is 1. The molecule has 1 N–H and O–H groups in total. The first-order valence-electron chi connectivity index (χ1n) is 5.92. The van der Waals surface area contributed by atoms with E-state index in [4.69, 9.17) is 11.6 Å². The largest absolute Gasteiger partial charge is 0.393 e. The van der Waals surface area contributed by atoms with Crippen LogP contribution in [0.4, 0.5) is 4.39 Å². The van der Waals surface area contributed by atoms with Crippen LogP contribution < -0.4 is 0 Å². The van der Waals surface area contributed by atoms with Crippen molar-refractivity contribution in [1.82, 2.24) is 4.90 Å². The molecule has 0 aliphatic carbocycles. The fourth-order valence-corrected chi connectivity index (χ4v) is 2.33. The SMILES string of the molecule is CC1CN(C(=O)c2cccc(Cl)c2F)CCC1O. The van der Waals surface area contributed by atoms with Crippen LogP contribution in [0.3, 0.4) is 0 Å². The number of halogens is 2. The smallest absolute Gasteiger partial charge is 0.256 e. The average Bonchev–Trinajstić information content (AvgIpc) is 2.35. The van der Waals surface area contributed by atoms with Gasteiger partial charge in [0.25, 0.3) is 5.91 Å². The summed E-state index contributed by atoms with van der Waals surface area (Å²) >= 11 is 5.66. The number of benzene rings is 1. The molecule has 1 aromatic carbocycles. The van der Waals surface area contributed by atoms with Gasteiger partial charge in [0.05, 0.1) is 16.7 Å². The fourth-order valence-electron chi connectivity index (χ4n) is 2.16. The van der Waals surface area contributed by atoms with Crippen molar-refractivity contribution in [2.24, 2.45) is 5.92 Å². The molecule has 0 aromatic heterocycles. The van der Waals surface area contributed by atoms with E-state index in [0.717, 1.165) is 0 Å². The van der Waals surface area contributed by atoms with E-state index in [-0.39, 0.29) is 22.4 Å². The third-order valence-corrected chi connectivity index (χ3v) is 3.62. The summed E-state index contributed by atoms with van der Waals surface area (Å²) in [4.78, 5) is 13.7. The summed E-state index contributed by atoms with van der Waals surface area (Å²) in [7, 11) is 0. The molecule has 2 atom stereocenters. The van der Waals surface area contributed by atoms with Crippen molar-refractivity contribution in [2.45, 2.75) is 19.4 Å². The zero-order valence-electron chi connectivity index (χ0n) is 10.1. The first kappa shape index (κ1) is 13.3. The van der Waals surface area contributed by atoms with E-state index in [2.05, 4.69) is 0 Å². The van der Waals surface area contributed by atoms with Gasteiger partial charge in [-0.3, -0.25) is 4.79 Å². The Balaban J connectivity index is 2.19. The molecule has 1 heterocycles. The molecule has 1 aliphatic heterocycles. The van der Waals surface area contributed by atoms with Crippen LogP contribution in [0, 0.1) is 11.7 Å². The second-order valence-electron chi connectivity index (χ2n) is 4.69. The van der Waals surface area contributed by atoms with Gasteiger partial charge in [0.2, 0.25) is 0 Å². The maximum Gasteiger partial charge on any atom is 0.256 e. The second-order valence-corrected chi connectivity index (χ2v) is 5.09. The predicted molar refractivity (Wildman–Crippen MR) is 67.1 cm³/mol. The van der Waals surface area contributed by atoms with Crippen molar-refractivity contribution in [3.05, 3.63) is 34.6 Å². The molecule has 1 aliphatic rings. The maximum atomic E-state index is 13.8. The van der Waals surface area contributed by atoms with Gasteiger partial charge in [-0.15, -0.1) is 0 Å². The minimum atomic E-state index is -0.678. The molecule has 0 saturated carbocycles. The third-order valence-electron chi connectivity index (χ3n) is 3.33. The van der Waals surface area contributed by atoms with Crippen molar-refractivity contribution in [3.63, 3.8) is 0 Å². The van der Waals surface area contributed by atoms with Gasteiger partial charge < -0.3 is 10.0 Å². The van der Waals surface area contributed by atoms with E-state index in [9.17, 15) is 14.3 Å². The Labute approximate surface area is 110 Å². The second kappa shape index (κ2) is 5.24. The molecule has 5 heteroatoms. The number of rotatable bonds is 1. The zero-order chi connectivity index (χ0) is 13.3. The van der Waals surface area contributed by atoms with Crippen LogP contribution in [0.25, 0.3) is 0 Å². The van der Waals surface area contributed by atoms with E-state index < -0.39 is 11.9 Å². The molecular weight excluding hydrogens is 257 g/mol. The van der Waals surface area contributed by atoms with Gasteiger partial charge in [0.15, 0.2) is 5.82 Å². The highest BCUT2D eigenvalue weighted by molar-refractivity contribution is 6.31. The number of hydrogen-bond donors (Lipinski definition) is 1. The van der Waals surface area contributed by atoms with E-state index in [1.807, 2.05) is 6.92 Å². The molecule has 3 nitrogen and oxygen atoms in total. The molecule has 1 fully saturated rings. The maximum absolute atomic E-state index is 13.8. The lowest BCUT2D eigenvalue weighted by molar-refractivity contribution is 0.0295. The minimum Gasteiger partial charge on any atom is -0.393 e.